The molecule has 1 aliphatic heterocycles. The summed E-state index contributed by atoms with van der Waals surface area (Å²) in [6, 6.07) is 0. The fourth-order valence-electron chi connectivity index (χ4n) is 1.87. The maximum atomic E-state index is 12.0. The Kier molecular flexibility index (Phi) is 5.18. The van der Waals surface area contributed by atoms with E-state index in [1.165, 1.54) is 0 Å². The first-order valence-corrected chi connectivity index (χ1v) is 6.18. The van der Waals surface area contributed by atoms with E-state index in [2.05, 4.69) is 10.2 Å². The molecule has 1 fully saturated rings. The number of alkyl halides is 1. The molecule has 1 N–H and O–H groups in total. The van der Waals surface area contributed by atoms with Gasteiger partial charge in [-0.25, -0.2) is 4.79 Å². The van der Waals surface area contributed by atoms with Gasteiger partial charge in [-0.3, -0.25) is 9.29 Å². The quantitative estimate of drug-likeness (QED) is 0.824. The van der Waals surface area contributed by atoms with Gasteiger partial charge in [-0.1, -0.05) is 0 Å². The van der Waals surface area contributed by atoms with Crippen LogP contribution in [0.3, 0.4) is 0 Å². The number of alkyl carbamates (subject to hydrolysis) is 1. The van der Waals surface area contributed by atoms with Crippen LogP contribution in [0.4, 0.5) is 9.18 Å². The highest BCUT2D eigenvalue weighted by Gasteiger charge is 2.26. The van der Waals surface area contributed by atoms with E-state index in [9.17, 15) is 9.18 Å². The standard InChI is InChI=1S/C12H23FN2O2/c1-12(2,3)14-11(16)17-10-5-8-15(9-10)7-4-6-13/h10H,4-9H2,1-3H3,(H,14,16). The zero-order valence-corrected chi connectivity index (χ0v) is 11.0. The number of carbonyl (C=O) groups is 1. The van der Waals surface area contributed by atoms with Crippen LogP contribution in [0, 0.1) is 0 Å². The van der Waals surface area contributed by atoms with Crippen molar-refractivity contribution in [3.8, 4) is 0 Å². The molecule has 0 saturated carbocycles. The van der Waals surface area contributed by atoms with Crippen LogP contribution in [0.15, 0.2) is 0 Å². The number of carbonyl (C=O) groups excluding carboxylic acids is 1. The van der Waals surface area contributed by atoms with Gasteiger partial charge in [0.2, 0.25) is 0 Å². The summed E-state index contributed by atoms with van der Waals surface area (Å²) in [4.78, 5) is 13.7. The molecule has 0 aromatic rings. The molecule has 1 amide bonds. The number of hydrogen-bond acceptors (Lipinski definition) is 3. The van der Waals surface area contributed by atoms with Crippen LogP contribution in [-0.2, 0) is 4.74 Å². The third-order valence-corrected chi connectivity index (χ3v) is 2.59. The lowest BCUT2D eigenvalue weighted by Crippen LogP contribution is -2.42. The number of likely N-dealkylation sites (tertiary alicyclic amines) is 1. The minimum Gasteiger partial charge on any atom is -0.445 e. The Morgan fingerprint density at radius 3 is 2.82 bits per heavy atom. The number of ether oxygens (including phenoxy) is 1. The van der Waals surface area contributed by atoms with Gasteiger partial charge in [0.15, 0.2) is 0 Å². The van der Waals surface area contributed by atoms with Crippen molar-refractivity contribution in [2.75, 3.05) is 26.3 Å². The molecule has 0 bridgehead atoms. The molecule has 0 aromatic carbocycles. The van der Waals surface area contributed by atoms with Gasteiger partial charge in [-0.15, -0.1) is 0 Å². The number of amides is 1. The highest BCUT2D eigenvalue weighted by Crippen LogP contribution is 2.13. The second-order valence-corrected chi connectivity index (χ2v) is 5.53. The van der Waals surface area contributed by atoms with Crippen molar-refractivity contribution < 1.29 is 13.9 Å². The van der Waals surface area contributed by atoms with Crippen LogP contribution >= 0.6 is 0 Å². The van der Waals surface area contributed by atoms with E-state index in [4.69, 9.17) is 4.74 Å². The molecule has 1 atom stereocenters. The summed E-state index contributed by atoms with van der Waals surface area (Å²) in [6.45, 7) is 7.80. The van der Waals surface area contributed by atoms with E-state index in [0.717, 1.165) is 26.1 Å². The molecule has 100 valence electrons. The second kappa shape index (κ2) is 6.19. The van der Waals surface area contributed by atoms with Gasteiger partial charge in [-0.05, 0) is 33.6 Å². The van der Waals surface area contributed by atoms with Crippen LogP contribution in [0.1, 0.15) is 33.6 Å². The normalized spacial score (nSPS) is 21.5. The first kappa shape index (κ1) is 14.2. The van der Waals surface area contributed by atoms with Gasteiger partial charge in [0.1, 0.15) is 6.10 Å². The van der Waals surface area contributed by atoms with E-state index < -0.39 is 0 Å². The van der Waals surface area contributed by atoms with Crippen molar-refractivity contribution in [3.05, 3.63) is 0 Å². The average molecular weight is 246 g/mol. The SMILES string of the molecule is CC(C)(C)NC(=O)OC1CCN(CCCF)C1. The van der Waals surface area contributed by atoms with Crippen LogP contribution < -0.4 is 5.32 Å². The summed E-state index contributed by atoms with van der Waals surface area (Å²) < 4.78 is 17.3. The number of halogens is 1. The van der Waals surface area contributed by atoms with Gasteiger partial charge in [-0.2, -0.15) is 0 Å². The van der Waals surface area contributed by atoms with Gasteiger partial charge in [0.05, 0.1) is 6.67 Å². The Hall–Kier alpha value is -0.840. The van der Waals surface area contributed by atoms with Gasteiger partial charge >= 0.3 is 6.09 Å². The molecule has 17 heavy (non-hydrogen) atoms. The van der Waals surface area contributed by atoms with Crippen LogP contribution in [0.25, 0.3) is 0 Å². The molecular weight excluding hydrogens is 223 g/mol. The summed E-state index contributed by atoms with van der Waals surface area (Å²) in [7, 11) is 0. The highest BCUT2D eigenvalue weighted by atomic mass is 19.1. The highest BCUT2D eigenvalue weighted by molar-refractivity contribution is 5.68. The number of rotatable bonds is 4. The molecule has 5 heteroatoms. The topological polar surface area (TPSA) is 41.6 Å². The Balaban J connectivity index is 2.23. The predicted octanol–water partition coefficient (Wildman–Crippen LogP) is 1.95. The monoisotopic (exact) mass is 246 g/mol. The Bertz CT molecular complexity index is 253. The van der Waals surface area contributed by atoms with Gasteiger partial charge in [0.25, 0.3) is 0 Å². The molecule has 4 nitrogen and oxygen atoms in total. The lowest BCUT2D eigenvalue weighted by atomic mass is 10.1. The Morgan fingerprint density at radius 2 is 2.24 bits per heavy atom. The molecular formula is C12H23FN2O2. The first-order chi connectivity index (χ1) is 7.90. The fourth-order valence-corrected chi connectivity index (χ4v) is 1.87. The summed E-state index contributed by atoms with van der Waals surface area (Å²) in [5, 5.41) is 2.76. The molecule has 1 aliphatic rings. The van der Waals surface area contributed by atoms with Crippen molar-refractivity contribution in [2.24, 2.45) is 0 Å². The van der Waals surface area contributed by atoms with Crippen LogP contribution in [0.2, 0.25) is 0 Å². The third kappa shape index (κ3) is 5.86. The van der Waals surface area contributed by atoms with Crippen molar-refractivity contribution in [1.82, 2.24) is 10.2 Å². The first-order valence-electron chi connectivity index (χ1n) is 6.18. The molecule has 0 spiro atoms. The molecule has 0 radical (unpaired) electrons. The van der Waals surface area contributed by atoms with E-state index in [1.54, 1.807) is 0 Å². The van der Waals surface area contributed by atoms with Crippen LogP contribution in [-0.4, -0.2) is 48.9 Å². The molecule has 1 heterocycles. The van der Waals surface area contributed by atoms with E-state index in [0.29, 0.717) is 6.42 Å². The van der Waals surface area contributed by atoms with Crippen molar-refractivity contribution in [1.29, 1.82) is 0 Å². The molecule has 1 rings (SSSR count). The largest absolute Gasteiger partial charge is 0.445 e. The third-order valence-electron chi connectivity index (χ3n) is 2.59. The van der Waals surface area contributed by atoms with Crippen molar-refractivity contribution in [2.45, 2.75) is 45.3 Å². The molecule has 1 saturated heterocycles. The Labute approximate surface area is 102 Å². The molecule has 1 unspecified atom stereocenters. The lowest BCUT2D eigenvalue weighted by Gasteiger charge is -2.22. The predicted molar refractivity (Wildman–Crippen MR) is 64.8 cm³/mol. The van der Waals surface area contributed by atoms with Crippen molar-refractivity contribution in [3.63, 3.8) is 0 Å². The summed E-state index contributed by atoms with van der Waals surface area (Å²) >= 11 is 0. The summed E-state index contributed by atoms with van der Waals surface area (Å²) in [5.41, 5.74) is -0.274. The maximum Gasteiger partial charge on any atom is 0.407 e. The smallest absolute Gasteiger partial charge is 0.407 e. The van der Waals surface area contributed by atoms with Crippen LogP contribution in [0.5, 0.6) is 0 Å². The zero-order chi connectivity index (χ0) is 12.9. The minimum absolute atomic E-state index is 0.0584. The second-order valence-electron chi connectivity index (χ2n) is 5.53. The zero-order valence-electron chi connectivity index (χ0n) is 11.0. The maximum absolute atomic E-state index is 12.0. The van der Waals surface area contributed by atoms with E-state index in [1.807, 2.05) is 20.8 Å². The fraction of sp³-hybridized carbons (Fsp3) is 0.917. The molecule has 0 aromatic heterocycles. The van der Waals surface area contributed by atoms with E-state index >= 15 is 0 Å². The van der Waals surface area contributed by atoms with E-state index in [-0.39, 0.29) is 24.4 Å². The molecule has 0 aliphatic carbocycles. The summed E-state index contributed by atoms with van der Waals surface area (Å²) in [6.07, 6.45) is 0.969. The minimum atomic E-state index is -0.366. The van der Waals surface area contributed by atoms with Crippen molar-refractivity contribution >= 4 is 6.09 Å². The Morgan fingerprint density at radius 1 is 1.53 bits per heavy atom. The number of nitrogens with one attached hydrogen (secondary N) is 1. The number of nitrogens with zero attached hydrogens (tertiary/aromatic N) is 1. The number of hydrogen-bond donors (Lipinski definition) is 1. The lowest BCUT2D eigenvalue weighted by molar-refractivity contribution is 0.0939. The van der Waals surface area contributed by atoms with Gasteiger partial charge < -0.3 is 10.1 Å². The van der Waals surface area contributed by atoms with Gasteiger partial charge in [0, 0.05) is 25.2 Å². The summed E-state index contributed by atoms with van der Waals surface area (Å²) in [5.74, 6) is 0. The average Bonchev–Trinajstić information content (AvgIpc) is 2.59.